The minimum atomic E-state index is -4.88. The highest BCUT2D eigenvalue weighted by Gasteiger charge is 2.54. The van der Waals surface area contributed by atoms with Crippen LogP contribution in [0.2, 0.25) is 0 Å². The van der Waals surface area contributed by atoms with Gasteiger partial charge in [0.25, 0.3) is 23.6 Å². The number of phenolic OH excluding ortho intramolecular Hbond substituents is 2. The number of fused-ring (bicyclic) bond motifs is 2. The smallest absolute Gasteiger partial charge is 0.402 e. The maximum atomic E-state index is 14.7. The van der Waals surface area contributed by atoms with Gasteiger partial charge in [-0.3, -0.25) is 28.9 Å². The van der Waals surface area contributed by atoms with Gasteiger partial charge in [0.2, 0.25) is 0 Å². The van der Waals surface area contributed by atoms with Crippen LogP contribution in [0, 0.1) is 6.92 Å². The van der Waals surface area contributed by atoms with Crippen molar-refractivity contribution in [3.05, 3.63) is 123 Å². The number of imide groups is 2. The van der Waals surface area contributed by atoms with Crippen LogP contribution in [0.1, 0.15) is 81.0 Å². The van der Waals surface area contributed by atoms with Crippen molar-refractivity contribution in [3.63, 3.8) is 0 Å². The van der Waals surface area contributed by atoms with Crippen LogP contribution in [0.3, 0.4) is 0 Å². The van der Waals surface area contributed by atoms with Gasteiger partial charge in [0.15, 0.2) is 5.78 Å². The third-order valence-corrected chi connectivity index (χ3v) is 8.64. The van der Waals surface area contributed by atoms with E-state index in [1.165, 1.54) is 50.4 Å². The maximum Gasteiger partial charge on any atom is 0.402 e. The highest BCUT2D eigenvalue weighted by atomic mass is 19.4. The van der Waals surface area contributed by atoms with Crippen molar-refractivity contribution in [2.24, 2.45) is 0 Å². The number of halogens is 3. The van der Waals surface area contributed by atoms with Gasteiger partial charge >= 0.3 is 6.18 Å². The molecule has 0 saturated carbocycles. The van der Waals surface area contributed by atoms with Crippen LogP contribution in [0.25, 0.3) is 0 Å². The highest BCUT2D eigenvalue weighted by Crippen LogP contribution is 2.49. The molecular formula is C34H23F3N2O7. The van der Waals surface area contributed by atoms with Crippen molar-refractivity contribution in [2.45, 2.75) is 25.4 Å². The molecule has 232 valence electrons. The summed E-state index contributed by atoms with van der Waals surface area (Å²) in [4.78, 5) is 66.5. The van der Waals surface area contributed by atoms with E-state index in [9.17, 15) is 47.4 Å². The van der Waals surface area contributed by atoms with Gasteiger partial charge in [-0.25, -0.2) is 4.90 Å². The lowest BCUT2D eigenvalue weighted by atomic mass is 9.75. The zero-order chi connectivity index (χ0) is 33.5. The molecule has 46 heavy (non-hydrogen) atoms. The number of aromatic hydroxyl groups is 2. The van der Waals surface area contributed by atoms with E-state index in [1.807, 2.05) is 0 Å². The number of hydrogen-bond acceptors (Lipinski definition) is 7. The number of phenols is 2. The van der Waals surface area contributed by atoms with Crippen LogP contribution < -0.4 is 4.90 Å². The van der Waals surface area contributed by atoms with Crippen LogP contribution in [0.5, 0.6) is 11.5 Å². The Labute approximate surface area is 259 Å². The van der Waals surface area contributed by atoms with E-state index in [0.717, 1.165) is 48.2 Å². The largest absolute Gasteiger partial charge is 0.508 e. The predicted molar refractivity (Wildman–Crippen MR) is 157 cm³/mol. The number of hydrogen-bond donors (Lipinski definition) is 2. The van der Waals surface area contributed by atoms with Crippen LogP contribution in [0.15, 0.2) is 72.8 Å². The Hall–Kier alpha value is -5.78. The number of rotatable bonds is 5. The Morgan fingerprint density at radius 2 is 1.13 bits per heavy atom. The lowest BCUT2D eigenvalue weighted by molar-refractivity contribution is -0.173. The number of anilines is 1. The lowest BCUT2D eigenvalue weighted by Crippen LogP contribution is -2.41. The first-order chi connectivity index (χ1) is 21.6. The van der Waals surface area contributed by atoms with Crippen molar-refractivity contribution in [3.8, 4) is 11.5 Å². The standard InChI is InChI=1S/C34H23F3N2O7/c1-16-12-19(6-10-26(16)40)33(2,34(35,36)37)20-7-11-27(41)25(15-20)39-31(45)22-9-5-18(14-24(22)32(39)46)28(42)17-4-8-21-23(13-17)30(44)38(3)29(21)43/h4-15,40-41H,1-3H3. The summed E-state index contributed by atoms with van der Waals surface area (Å²) >= 11 is 0. The molecule has 4 aromatic rings. The van der Waals surface area contributed by atoms with E-state index in [4.69, 9.17) is 0 Å². The summed E-state index contributed by atoms with van der Waals surface area (Å²) in [6.07, 6.45) is -4.88. The molecule has 12 heteroatoms. The molecule has 0 bridgehead atoms. The molecule has 1 atom stereocenters. The lowest BCUT2D eigenvalue weighted by Gasteiger charge is -2.34. The second-order valence-electron chi connectivity index (χ2n) is 11.3. The molecule has 0 saturated heterocycles. The number of carbonyl (C=O) groups is 5. The molecule has 2 N–H and O–H groups in total. The van der Waals surface area contributed by atoms with Gasteiger partial charge in [-0.15, -0.1) is 0 Å². The minimum absolute atomic E-state index is 0.0304. The van der Waals surface area contributed by atoms with E-state index in [-0.39, 0.29) is 55.8 Å². The minimum Gasteiger partial charge on any atom is -0.508 e. The number of amides is 4. The van der Waals surface area contributed by atoms with Crippen molar-refractivity contribution in [1.29, 1.82) is 0 Å². The second-order valence-corrected chi connectivity index (χ2v) is 11.3. The van der Waals surface area contributed by atoms with Crippen molar-refractivity contribution in [1.82, 2.24) is 4.90 Å². The molecular weight excluding hydrogens is 605 g/mol. The monoisotopic (exact) mass is 628 g/mol. The van der Waals surface area contributed by atoms with Gasteiger partial charge in [0.1, 0.15) is 16.9 Å². The van der Waals surface area contributed by atoms with E-state index >= 15 is 0 Å². The molecule has 0 aliphatic carbocycles. The molecule has 2 aliphatic heterocycles. The first-order valence-corrected chi connectivity index (χ1v) is 13.8. The number of benzene rings is 4. The third-order valence-electron chi connectivity index (χ3n) is 8.64. The fourth-order valence-electron chi connectivity index (χ4n) is 5.74. The van der Waals surface area contributed by atoms with Gasteiger partial charge < -0.3 is 10.2 Å². The third kappa shape index (κ3) is 4.28. The first kappa shape index (κ1) is 30.3. The normalized spacial score (nSPS) is 15.7. The Balaban J connectivity index is 1.38. The summed E-state index contributed by atoms with van der Waals surface area (Å²) in [5, 5.41) is 20.6. The van der Waals surface area contributed by atoms with Crippen LogP contribution in [0.4, 0.5) is 18.9 Å². The molecule has 4 aromatic carbocycles. The topological polar surface area (TPSA) is 132 Å². The van der Waals surface area contributed by atoms with Crippen LogP contribution in [-0.4, -0.2) is 57.7 Å². The Morgan fingerprint density at radius 3 is 1.70 bits per heavy atom. The first-order valence-electron chi connectivity index (χ1n) is 13.8. The summed E-state index contributed by atoms with van der Waals surface area (Å²) < 4.78 is 44.2. The van der Waals surface area contributed by atoms with Crippen molar-refractivity contribution >= 4 is 35.1 Å². The Kier molecular flexibility index (Phi) is 6.66. The fourth-order valence-corrected chi connectivity index (χ4v) is 5.74. The molecule has 6 rings (SSSR count). The number of ketones is 1. The van der Waals surface area contributed by atoms with Crippen LogP contribution in [-0.2, 0) is 5.41 Å². The average Bonchev–Trinajstić information content (AvgIpc) is 3.40. The molecule has 0 radical (unpaired) electrons. The quantitative estimate of drug-likeness (QED) is 0.219. The Morgan fingerprint density at radius 1 is 0.652 bits per heavy atom. The molecule has 4 amide bonds. The fraction of sp³-hybridized carbons (Fsp3) is 0.147. The van der Waals surface area contributed by atoms with Gasteiger partial charge in [0, 0.05) is 18.2 Å². The molecule has 2 heterocycles. The predicted octanol–water partition coefficient (Wildman–Crippen LogP) is 5.53. The maximum absolute atomic E-state index is 14.7. The van der Waals surface area contributed by atoms with Crippen LogP contribution >= 0.6 is 0 Å². The average molecular weight is 629 g/mol. The molecule has 0 aromatic heterocycles. The van der Waals surface area contributed by atoms with E-state index in [2.05, 4.69) is 0 Å². The van der Waals surface area contributed by atoms with Crippen molar-refractivity contribution < 1.29 is 47.4 Å². The number of carbonyl (C=O) groups excluding carboxylic acids is 5. The second kappa shape index (κ2) is 10.1. The SMILES string of the molecule is Cc1cc(C(C)(c2ccc(O)c(N3C(=O)c4ccc(C(=O)c5ccc6c(c5)C(=O)N(C)C6=O)cc4C3=O)c2)C(F)(F)F)ccc1O. The summed E-state index contributed by atoms with van der Waals surface area (Å²) in [5.74, 6) is -4.45. The number of alkyl halides is 3. The molecule has 2 aliphatic rings. The van der Waals surface area contributed by atoms with Gasteiger partial charge in [-0.2, -0.15) is 13.2 Å². The summed E-state index contributed by atoms with van der Waals surface area (Å²) in [6.45, 7) is 2.36. The summed E-state index contributed by atoms with van der Waals surface area (Å²) in [6, 6.07) is 14.0. The zero-order valence-electron chi connectivity index (χ0n) is 24.4. The molecule has 1 unspecified atom stereocenters. The van der Waals surface area contributed by atoms with Gasteiger partial charge in [0.05, 0.1) is 27.9 Å². The van der Waals surface area contributed by atoms with E-state index in [0.29, 0.717) is 4.90 Å². The number of nitrogens with zero attached hydrogens (tertiary/aromatic N) is 2. The molecule has 0 spiro atoms. The summed E-state index contributed by atoms with van der Waals surface area (Å²) in [7, 11) is 1.31. The van der Waals surface area contributed by atoms with E-state index < -0.39 is 52.4 Å². The molecule has 9 nitrogen and oxygen atoms in total. The number of aryl methyl sites for hydroxylation is 1. The molecule has 0 fully saturated rings. The highest BCUT2D eigenvalue weighted by molar-refractivity contribution is 6.35. The van der Waals surface area contributed by atoms with Crippen molar-refractivity contribution in [2.75, 3.05) is 11.9 Å². The zero-order valence-corrected chi connectivity index (χ0v) is 24.4. The van der Waals surface area contributed by atoms with E-state index in [1.54, 1.807) is 0 Å². The van der Waals surface area contributed by atoms with Gasteiger partial charge in [-0.05, 0) is 73.0 Å². The Bertz CT molecular complexity index is 2070. The van der Waals surface area contributed by atoms with Gasteiger partial charge in [-0.1, -0.05) is 30.3 Å². The summed E-state index contributed by atoms with van der Waals surface area (Å²) in [5.41, 5.74) is -3.75.